The molecule has 0 amide bonds. The average Bonchev–Trinajstić information content (AvgIpc) is 2.42. The summed E-state index contributed by atoms with van der Waals surface area (Å²) in [6.45, 7) is 4.49. The molecule has 104 valence electrons. The van der Waals surface area contributed by atoms with Gasteiger partial charge >= 0.3 is 0 Å². The zero-order valence-corrected chi connectivity index (χ0v) is 12.4. The van der Waals surface area contributed by atoms with Gasteiger partial charge in [0.05, 0.1) is 6.61 Å². The monoisotopic (exact) mass is 288 g/mol. The maximum atomic E-state index is 12.0. The molecular weight excluding hydrogens is 272 g/mol. The van der Waals surface area contributed by atoms with Crippen molar-refractivity contribution in [3.05, 3.63) is 69.7 Å². The molecular formula is C17H17ClO2. The van der Waals surface area contributed by atoms with Crippen molar-refractivity contribution in [2.75, 3.05) is 6.61 Å². The highest BCUT2D eigenvalue weighted by molar-refractivity contribution is 6.30. The minimum absolute atomic E-state index is 0.00451. The molecule has 3 heteroatoms. The third-order valence-electron chi connectivity index (χ3n) is 3.22. The standard InChI is InChI=1S/C17H17ClO2/c1-12-6-7-15(8-13(12)2)17(19)11-20-10-14-4-3-5-16(18)9-14/h3-9H,10-11H2,1-2H3. The number of benzene rings is 2. The van der Waals surface area contributed by atoms with Crippen LogP contribution < -0.4 is 0 Å². The van der Waals surface area contributed by atoms with Gasteiger partial charge in [-0.2, -0.15) is 0 Å². The molecule has 20 heavy (non-hydrogen) atoms. The Labute approximate surface area is 124 Å². The Bertz CT molecular complexity index is 620. The summed E-state index contributed by atoms with van der Waals surface area (Å²) < 4.78 is 5.45. The Hall–Kier alpha value is -1.64. The van der Waals surface area contributed by atoms with Gasteiger partial charge in [-0.25, -0.2) is 0 Å². The van der Waals surface area contributed by atoms with Crippen molar-refractivity contribution in [3.63, 3.8) is 0 Å². The lowest BCUT2D eigenvalue weighted by molar-refractivity contribution is 0.0726. The Morgan fingerprint density at radius 1 is 1.10 bits per heavy atom. The summed E-state index contributed by atoms with van der Waals surface area (Å²) in [5.41, 5.74) is 3.96. The Morgan fingerprint density at radius 3 is 2.60 bits per heavy atom. The maximum Gasteiger partial charge on any atom is 0.188 e. The first-order chi connectivity index (χ1) is 9.56. The predicted molar refractivity (Wildman–Crippen MR) is 81.4 cm³/mol. The lowest BCUT2D eigenvalue weighted by Gasteiger charge is -2.06. The average molecular weight is 289 g/mol. The number of Topliss-reactive ketones (excluding diaryl/α,β-unsaturated/α-hetero) is 1. The van der Waals surface area contributed by atoms with E-state index < -0.39 is 0 Å². The number of ketones is 1. The first-order valence-electron chi connectivity index (χ1n) is 6.49. The van der Waals surface area contributed by atoms with E-state index >= 15 is 0 Å². The zero-order chi connectivity index (χ0) is 14.5. The third-order valence-corrected chi connectivity index (χ3v) is 3.45. The second-order valence-electron chi connectivity index (χ2n) is 4.84. The molecule has 0 bridgehead atoms. The fraction of sp³-hybridized carbons (Fsp3) is 0.235. The number of ether oxygens (including phenoxy) is 1. The zero-order valence-electron chi connectivity index (χ0n) is 11.7. The molecule has 2 aromatic rings. The van der Waals surface area contributed by atoms with Gasteiger partial charge in [0.1, 0.15) is 6.61 Å². The van der Waals surface area contributed by atoms with Gasteiger partial charge < -0.3 is 4.74 Å². The third kappa shape index (κ3) is 3.92. The van der Waals surface area contributed by atoms with Crippen LogP contribution >= 0.6 is 11.6 Å². The van der Waals surface area contributed by atoms with Gasteiger partial charge in [-0.1, -0.05) is 35.9 Å². The molecule has 0 saturated heterocycles. The number of carbonyl (C=O) groups excluding carboxylic acids is 1. The molecule has 2 nitrogen and oxygen atoms in total. The molecule has 0 fully saturated rings. The molecule has 0 aliphatic carbocycles. The van der Waals surface area contributed by atoms with Gasteiger partial charge in [0.15, 0.2) is 5.78 Å². The Balaban J connectivity index is 1.90. The van der Waals surface area contributed by atoms with Gasteiger partial charge in [-0.15, -0.1) is 0 Å². The van der Waals surface area contributed by atoms with Gasteiger partial charge in [-0.05, 0) is 48.7 Å². The van der Waals surface area contributed by atoms with Crippen molar-refractivity contribution in [2.45, 2.75) is 20.5 Å². The quantitative estimate of drug-likeness (QED) is 0.764. The molecule has 0 radical (unpaired) electrons. The van der Waals surface area contributed by atoms with Crippen LogP contribution in [0, 0.1) is 13.8 Å². The van der Waals surface area contributed by atoms with Crippen LogP contribution in [0.2, 0.25) is 5.02 Å². The lowest BCUT2D eigenvalue weighted by Crippen LogP contribution is -2.09. The van der Waals surface area contributed by atoms with Crippen LogP contribution in [0.1, 0.15) is 27.0 Å². The highest BCUT2D eigenvalue weighted by Gasteiger charge is 2.07. The summed E-state index contributed by atoms with van der Waals surface area (Å²) in [6, 6.07) is 13.1. The summed E-state index contributed by atoms with van der Waals surface area (Å²) in [4.78, 5) is 12.0. The van der Waals surface area contributed by atoms with E-state index in [-0.39, 0.29) is 12.4 Å². The SMILES string of the molecule is Cc1ccc(C(=O)COCc2cccc(Cl)c2)cc1C. The van der Waals surface area contributed by atoms with E-state index in [2.05, 4.69) is 0 Å². The van der Waals surface area contributed by atoms with Gasteiger partial charge in [-0.3, -0.25) is 4.79 Å². The van der Waals surface area contributed by atoms with Crippen LogP contribution in [0.15, 0.2) is 42.5 Å². The molecule has 0 unspecified atom stereocenters. The van der Waals surface area contributed by atoms with Crippen LogP contribution in [0.3, 0.4) is 0 Å². The lowest BCUT2D eigenvalue weighted by atomic mass is 10.0. The fourth-order valence-electron chi connectivity index (χ4n) is 1.89. The molecule has 0 heterocycles. The summed E-state index contributed by atoms with van der Waals surface area (Å²) in [7, 11) is 0. The molecule has 0 aliphatic heterocycles. The number of hydrogen-bond acceptors (Lipinski definition) is 2. The van der Waals surface area contributed by atoms with Crippen molar-refractivity contribution in [2.24, 2.45) is 0 Å². The van der Waals surface area contributed by atoms with Crippen LogP contribution in [-0.2, 0) is 11.3 Å². The summed E-state index contributed by atoms with van der Waals surface area (Å²) in [6.07, 6.45) is 0. The molecule has 0 spiro atoms. The highest BCUT2D eigenvalue weighted by Crippen LogP contribution is 2.13. The summed E-state index contributed by atoms with van der Waals surface area (Å²) in [5, 5.41) is 0.673. The number of hydrogen-bond donors (Lipinski definition) is 0. The minimum atomic E-state index is -0.00451. The molecule has 0 aromatic heterocycles. The van der Waals surface area contributed by atoms with Crippen molar-refractivity contribution >= 4 is 17.4 Å². The Kier molecular flexibility index (Phi) is 4.94. The minimum Gasteiger partial charge on any atom is -0.369 e. The topological polar surface area (TPSA) is 26.3 Å². The first-order valence-corrected chi connectivity index (χ1v) is 6.86. The van der Waals surface area contributed by atoms with E-state index in [1.54, 1.807) is 0 Å². The van der Waals surface area contributed by atoms with Crippen molar-refractivity contribution in [1.82, 2.24) is 0 Å². The van der Waals surface area contributed by atoms with E-state index in [1.165, 1.54) is 5.56 Å². The first kappa shape index (κ1) is 14.8. The summed E-state index contributed by atoms with van der Waals surface area (Å²) >= 11 is 5.89. The van der Waals surface area contributed by atoms with Crippen molar-refractivity contribution < 1.29 is 9.53 Å². The normalized spacial score (nSPS) is 10.6. The fourth-order valence-corrected chi connectivity index (χ4v) is 2.10. The molecule has 0 atom stereocenters. The maximum absolute atomic E-state index is 12.0. The summed E-state index contributed by atoms with van der Waals surface area (Å²) in [5.74, 6) is -0.00451. The van der Waals surface area contributed by atoms with Gasteiger partial charge in [0, 0.05) is 10.6 Å². The van der Waals surface area contributed by atoms with Crippen LogP contribution in [0.4, 0.5) is 0 Å². The predicted octanol–water partition coefficient (Wildman–Crippen LogP) is 4.36. The largest absolute Gasteiger partial charge is 0.369 e. The van der Waals surface area contributed by atoms with Crippen molar-refractivity contribution in [1.29, 1.82) is 0 Å². The van der Waals surface area contributed by atoms with Crippen LogP contribution in [-0.4, -0.2) is 12.4 Å². The van der Waals surface area contributed by atoms with Gasteiger partial charge in [0.2, 0.25) is 0 Å². The molecule has 2 rings (SSSR count). The molecule has 0 saturated carbocycles. The van der Waals surface area contributed by atoms with E-state index in [1.807, 2.05) is 56.3 Å². The number of halogens is 1. The van der Waals surface area contributed by atoms with E-state index in [0.29, 0.717) is 17.2 Å². The molecule has 0 N–H and O–H groups in total. The van der Waals surface area contributed by atoms with E-state index in [9.17, 15) is 4.79 Å². The highest BCUT2D eigenvalue weighted by atomic mass is 35.5. The smallest absolute Gasteiger partial charge is 0.188 e. The van der Waals surface area contributed by atoms with E-state index in [0.717, 1.165) is 11.1 Å². The van der Waals surface area contributed by atoms with Crippen molar-refractivity contribution in [3.8, 4) is 0 Å². The van der Waals surface area contributed by atoms with Crippen LogP contribution in [0.5, 0.6) is 0 Å². The molecule has 2 aromatic carbocycles. The second-order valence-corrected chi connectivity index (χ2v) is 5.28. The Morgan fingerprint density at radius 2 is 1.90 bits per heavy atom. The van der Waals surface area contributed by atoms with Crippen LogP contribution in [0.25, 0.3) is 0 Å². The number of carbonyl (C=O) groups is 1. The number of rotatable bonds is 5. The number of aryl methyl sites for hydroxylation is 2. The second kappa shape index (κ2) is 6.69. The van der Waals surface area contributed by atoms with E-state index in [4.69, 9.17) is 16.3 Å². The molecule has 0 aliphatic rings. The van der Waals surface area contributed by atoms with Gasteiger partial charge in [0.25, 0.3) is 0 Å².